The van der Waals surface area contributed by atoms with Gasteiger partial charge in [-0.25, -0.2) is 4.39 Å². The molecule has 0 N–H and O–H groups in total. The minimum Gasteiger partial charge on any atom is -0.455 e. The van der Waals surface area contributed by atoms with Gasteiger partial charge in [0.05, 0.1) is 8.66 Å². The van der Waals surface area contributed by atoms with Crippen molar-refractivity contribution in [1.82, 2.24) is 0 Å². The molecule has 0 amide bonds. The summed E-state index contributed by atoms with van der Waals surface area (Å²) in [4.78, 5) is 1.07. The Morgan fingerprint density at radius 1 is 0.889 bits per heavy atom. The molecular formula is C14H8BrFOS. The van der Waals surface area contributed by atoms with Gasteiger partial charge in [0.25, 0.3) is 0 Å². The quantitative estimate of drug-likeness (QED) is 0.600. The summed E-state index contributed by atoms with van der Waals surface area (Å²) in [6.07, 6.45) is 0. The van der Waals surface area contributed by atoms with Crippen LogP contribution in [0, 0.1) is 5.82 Å². The standard InChI is InChI=1S/C14H8BrFOS/c15-14-8-7-13(18-14)12-6-5-11(17-12)9-1-3-10(16)4-2-9/h1-8H. The lowest BCUT2D eigenvalue weighted by Crippen LogP contribution is -1.75. The highest BCUT2D eigenvalue weighted by molar-refractivity contribution is 9.11. The van der Waals surface area contributed by atoms with Crippen molar-refractivity contribution in [3.8, 4) is 22.0 Å². The van der Waals surface area contributed by atoms with Crippen LogP contribution in [0.3, 0.4) is 0 Å². The molecule has 3 rings (SSSR count). The molecule has 0 aliphatic carbocycles. The van der Waals surface area contributed by atoms with Gasteiger partial charge >= 0.3 is 0 Å². The number of hydrogen-bond donors (Lipinski definition) is 0. The Hall–Kier alpha value is -1.39. The SMILES string of the molecule is Fc1ccc(-c2ccc(-c3ccc(Br)s3)o2)cc1. The summed E-state index contributed by atoms with van der Waals surface area (Å²) in [7, 11) is 0. The summed E-state index contributed by atoms with van der Waals surface area (Å²) in [5.74, 6) is 1.33. The Kier molecular flexibility index (Phi) is 3.06. The Morgan fingerprint density at radius 3 is 2.28 bits per heavy atom. The molecule has 0 aliphatic rings. The van der Waals surface area contributed by atoms with E-state index in [4.69, 9.17) is 4.42 Å². The molecule has 1 nitrogen and oxygen atoms in total. The summed E-state index contributed by atoms with van der Waals surface area (Å²) >= 11 is 5.04. The van der Waals surface area contributed by atoms with Crippen LogP contribution in [-0.4, -0.2) is 0 Å². The number of rotatable bonds is 2. The third-order valence-electron chi connectivity index (χ3n) is 2.55. The van der Waals surface area contributed by atoms with Crippen molar-refractivity contribution >= 4 is 27.3 Å². The Labute approximate surface area is 116 Å². The molecule has 0 aliphatic heterocycles. The fourth-order valence-electron chi connectivity index (χ4n) is 1.69. The maximum Gasteiger partial charge on any atom is 0.144 e. The maximum absolute atomic E-state index is 12.8. The molecule has 4 heteroatoms. The molecular weight excluding hydrogens is 315 g/mol. The number of thiophene rings is 1. The first-order valence-corrected chi connectivity index (χ1v) is 6.95. The highest BCUT2D eigenvalue weighted by atomic mass is 79.9. The summed E-state index contributed by atoms with van der Waals surface area (Å²) in [5.41, 5.74) is 0.873. The van der Waals surface area contributed by atoms with Gasteiger partial charge in [0.1, 0.15) is 17.3 Å². The highest BCUT2D eigenvalue weighted by Crippen LogP contribution is 2.34. The van der Waals surface area contributed by atoms with E-state index in [0.717, 1.165) is 25.7 Å². The minimum absolute atomic E-state index is 0.243. The van der Waals surface area contributed by atoms with Crippen molar-refractivity contribution in [1.29, 1.82) is 0 Å². The van der Waals surface area contributed by atoms with Gasteiger partial charge < -0.3 is 4.42 Å². The normalized spacial score (nSPS) is 10.8. The summed E-state index contributed by atoms with van der Waals surface area (Å²) in [6, 6.07) is 14.1. The van der Waals surface area contributed by atoms with E-state index in [9.17, 15) is 4.39 Å². The van der Waals surface area contributed by atoms with Crippen molar-refractivity contribution in [2.75, 3.05) is 0 Å². The second-order valence-corrected chi connectivity index (χ2v) is 6.24. The molecule has 3 aromatic rings. The first kappa shape index (κ1) is 11.7. The Balaban J connectivity index is 1.96. The summed E-state index contributed by atoms with van der Waals surface area (Å²) in [6.45, 7) is 0. The van der Waals surface area contributed by atoms with E-state index in [1.54, 1.807) is 23.5 Å². The zero-order chi connectivity index (χ0) is 12.5. The molecule has 0 spiro atoms. The molecule has 0 fully saturated rings. The Bertz CT molecular complexity index is 669. The van der Waals surface area contributed by atoms with Gasteiger partial charge in [0.2, 0.25) is 0 Å². The molecule has 0 atom stereocenters. The van der Waals surface area contributed by atoms with E-state index >= 15 is 0 Å². The van der Waals surface area contributed by atoms with Gasteiger partial charge in [-0.05, 0) is 64.5 Å². The molecule has 18 heavy (non-hydrogen) atoms. The van der Waals surface area contributed by atoms with Gasteiger partial charge in [0.15, 0.2) is 0 Å². The van der Waals surface area contributed by atoms with Crippen molar-refractivity contribution in [2.24, 2.45) is 0 Å². The van der Waals surface area contributed by atoms with Gasteiger partial charge in [0, 0.05) is 5.56 Å². The van der Waals surface area contributed by atoms with Crippen molar-refractivity contribution in [3.63, 3.8) is 0 Å². The summed E-state index contributed by atoms with van der Waals surface area (Å²) < 4.78 is 19.7. The van der Waals surface area contributed by atoms with Crippen LogP contribution < -0.4 is 0 Å². The molecule has 1 aromatic carbocycles. The molecule has 0 bridgehead atoms. The minimum atomic E-state index is -0.243. The van der Waals surface area contributed by atoms with Crippen molar-refractivity contribution in [3.05, 3.63) is 58.1 Å². The predicted molar refractivity (Wildman–Crippen MR) is 75.1 cm³/mol. The fraction of sp³-hybridized carbons (Fsp3) is 0. The third kappa shape index (κ3) is 2.26. The Morgan fingerprint density at radius 2 is 1.61 bits per heavy atom. The van der Waals surface area contributed by atoms with Crippen LogP contribution in [0.25, 0.3) is 22.0 Å². The predicted octanol–water partition coefficient (Wildman–Crippen LogP) is 5.58. The van der Waals surface area contributed by atoms with E-state index < -0.39 is 0 Å². The van der Waals surface area contributed by atoms with E-state index in [2.05, 4.69) is 15.9 Å². The van der Waals surface area contributed by atoms with E-state index in [1.165, 1.54) is 12.1 Å². The van der Waals surface area contributed by atoms with Crippen LogP contribution in [0.2, 0.25) is 0 Å². The monoisotopic (exact) mass is 322 g/mol. The molecule has 0 saturated heterocycles. The van der Waals surface area contributed by atoms with E-state index in [-0.39, 0.29) is 5.82 Å². The van der Waals surface area contributed by atoms with Crippen molar-refractivity contribution < 1.29 is 8.81 Å². The van der Waals surface area contributed by atoms with Crippen LogP contribution >= 0.6 is 27.3 Å². The van der Waals surface area contributed by atoms with Crippen LogP contribution in [0.5, 0.6) is 0 Å². The lowest BCUT2D eigenvalue weighted by molar-refractivity contribution is 0.598. The van der Waals surface area contributed by atoms with E-state index in [0.29, 0.717) is 0 Å². The first-order valence-electron chi connectivity index (χ1n) is 5.34. The number of furan rings is 1. The average molecular weight is 323 g/mol. The maximum atomic E-state index is 12.8. The molecule has 0 unspecified atom stereocenters. The smallest absolute Gasteiger partial charge is 0.144 e. The molecule has 2 aromatic heterocycles. The first-order chi connectivity index (χ1) is 8.72. The van der Waals surface area contributed by atoms with Gasteiger partial charge in [-0.3, -0.25) is 0 Å². The zero-order valence-electron chi connectivity index (χ0n) is 9.19. The van der Waals surface area contributed by atoms with Gasteiger partial charge in [-0.1, -0.05) is 0 Å². The zero-order valence-corrected chi connectivity index (χ0v) is 11.6. The second-order valence-electron chi connectivity index (χ2n) is 3.77. The fourth-order valence-corrected chi connectivity index (χ4v) is 3.03. The second kappa shape index (κ2) is 4.71. The van der Waals surface area contributed by atoms with Gasteiger partial charge in [-0.2, -0.15) is 0 Å². The van der Waals surface area contributed by atoms with E-state index in [1.807, 2.05) is 24.3 Å². The summed E-state index contributed by atoms with van der Waals surface area (Å²) in [5, 5.41) is 0. The lowest BCUT2D eigenvalue weighted by Gasteiger charge is -1.96. The molecule has 0 radical (unpaired) electrons. The number of halogens is 2. The van der Waals surface area contributed by atoms with Crippen LogP contribution in [-0.2, 0) is 0 Å². The van der Waals surface area contributed by atoms with Gasteiger partial charge in [-0.15, -0.1) is 11.3 Å². The topological polar surface area (TPSA) is 13.1 Å². The van der Waals surface area contributed by atoms with Crippen molar-refractivity contribution in [2.45, 2.75) is 0 Å². The average Bonchev–Trinajstić information content (AvgIpc) is 2.98. The molecule has 2 heterocycles. The van der Waals surface area contributed by atoms with Crippen LogP contribution in [0.4, 0.5) is 4.39 Å². The number of benzene rings is 1. The molecule has 90 valence electrons. The lowest BCUT2D eigenvalue weighted by atomic mass is 10.2. The molecule has 0 saturated carbocycles. The number of hydrogen-bond acceptors (Lipinski definition) is 2. The third-order valence-corrected chi connectivity index (χ3v) is 4.19. The highest BCUT2D eigenvalue weighted by Gasteiger charge is 2.08. The largest absolute Gasteiger partial charge is 0.455 e. The van der Waals surface area contributed by atoms with Crippen LogP contribution in [0.15, 0.2) is 56.7 Å². The van der Waals surface area contributed by atoms with Crippen LogP contribution in [0.1, 0.15) is 0 Å².